The second-order valence-electron chi connectivity index (χ2n) is 11.8. The van der Waals surface area contributed by atoms with Crippen molar-refractivity contribution in [2.24, 2.45) is 0 Å². The molecule has 0 N–H and O–H groups in total. The Bertz CT molecular complexity index is 1000. The van der Waals surface area contributed by atoms with E-state index < -0.39 is 22.2 Å². The third-order valence-corrected chi connectivity index (χ3v) is 16.1. The maximum Gasteiger partial charge on any atom is 0.411 e. The van der Waals surface area contributed by atoms with Gasteiger partial charge in [0, 0.05) is 5.29 Å². The molecule has 0 bridgehead atoms. The third kappa shape index (κ3) is 4.73. The first-order valence-electron chi connectivity index (χ1n) is 12.4. The number of benzene rings is 2. The maximum absolute atomic E-state index is 13.9. The molecule has 182 valence electrons. The molecule has 2 aliphatic rings. The molecule has 34 heavy (non-hydrogen) atoms. The molecule has 7 heteroatoms. The molecule has 2 aliphatic heterocycles. The molecule has 5 nitrogen and oxygen atoms in total. The van der Waals surface area contributed by atoms with Gasteiger partial charge in [0.05, 0.1) is 28.2 Å². The number of carbonyl (C=O) groups is 2. The maximum atomic E-state index is 13.9. The van der Waals surface area contributed by atoms with Crippen LogP contribution in [-0.4, -0.2) is 61.9 Å². The molecular formula is C27H38N2O3Si2. The van der Waals surface area contributed by atoms with E-state index >= 15 is 0 Å². The molecule has 2 fully saturated rings. The first-order valence-corrected chi connectivity index (χ1v) is 19.5. The Balaban J connectivity index is 1.69. The van der Waals surface area contributed by atoms with Crippen LogP contribution in [0.1, 0.15) is 23.6 Å². The minimum absolute atomic E-state index is 0.00742. The van der Waals surface area contributed by atoms with E-state index in [1.54, 1.807) is 4.90 Å². The summed E-state index contributed by atoms with van der Waals surface area (Å²) in [7, 11) is -3.36. The molecule has 0 radical (unpaired) electrons. The summed E-state index contributed by atoms with van der Waals surface area (Å²) in [6.07, 6.45) is 1.36. The van der Waals surface area contributed by atoms with E-state index in [9.17, 15) is 9.59 Å². The van der Waals surface area contributed by atoms with Gasteiger partial charge in [-0.25, -0.2) is 4.79 Å². The zero-order chi connectivity index (χ0) is 24.7. The SMILES string of the molecule is C[Si](C)(C)C(N1C(=O)[C@@H](N2C(=O)OC[C@@H]2c2ccccc2)[C@H]1CCc1ccccc1)[Si](C)(C)C. The highest BCUT2D eigenvalue weighted by atomic mass is 28.4. The topological polar surface area (TPSA) is 49.9 Å². The summed E-state index contributed by atoms with van der Waals surface area (Å²) in [6.45, 7) is 14.6. The van der Waals surface area contributed by atoms with E-state index in [0.29, 0.717) is 11.9 Å². The van der Waals surface area contributed by atoms with Gasteiger partial charge in [0.15, 0.2) is 0 Å². The Morgan fingerprint density at radius 3 is 2.00 bits per heavy atom. The Hall–Kier alpha value is -2.39. The molecule has 0 saturated carbocycles. The van der Waals surface area contributed by atoms with Crippen LogP contribution in [0.25, 0.3) is 0 Å². The van der Waals surface area contributed by atoms with Crippen LogP contribution in [0.2, 0.25) is 39.3 Å². The summed E-state index contributed by atoms with van der Waals surface area (Å²) in [5.74, 6) is 0.104. The normalized spacial score (nSPS) is 23.3. The summed E-state index contributed by atoms with van der Waals surface area (Å²) in [6, 6.07) is 19.7. The number of rotatable bonds is 8. The lowest BCUT2D eigenvalue weighted by Gasteiger charge is -2.59. The second kappa shape index (κ2) is 9.34. The number of β-lactam (4-membered cyclic amide) rings is 1. The van der Waals surface area contributed by atoms with Crippen molar-refractivity contribution in [3.05, 3.63) is 71.8 Å². The molecule has 2 heterocycles. The lowest BCUT2D eigenvalue weighted by molar-refractivity contribution is -0.158. The highest BCUT2D eigenvalue weighted by molar-refractivity contribution is 6.96. The number of cyclic esters (lactones) is 1. The summed E-state index contributed by atoms with van der Waals surface area (Å²) < 4.78 is 5.51. The number of likely N-dealkylation sites (tertiary alicyclic amines) is 1. The van der Waals surface area contributed by atoms with Gasteiger partial charge >= 0.3 is 6.09 Å². The largest absolute Gasteiger partial charge is 0.447 e. The fourth-order valence-electron chi connectivity index (χ4n) is 6.24. The van der Waals surface area contributed by atoms with Gasteiger partial charge in [-0.1, -0.05) is 99.9 Å². The molecule has 2 amide bonds. The average Bonchev–Trinajstić information content (AvgIpc) is 3.14. The summed E-state index contributed by atoms with van der Waals surface area (Å²) in [5, 5.41) is 0.318. The lowest BCUT2D eigenvalue weighted by atomic mass is 9.87. The predicted octanol–water partition coefficient (Wildman–Crippen LogP) is 5.52. The van der Waals surface area contributed by atoms with Gasteiger partial charge in [-0.3, -0.25) is 9.69 Å². The number of hydrogen-bond acceptors (Lipinski definition) is 3. The van der Waals surface area contributed by atoms with Crippen LogP contribution in [0.3, 0.4) is 0 Å². The molecule has 2 saturated heterocycles. The van der Waals surface area contributed by atoms with Crippen molar-refractivity contribution in [2.75, 3.05) is 6.61 Å². The van der Waals surface area contributed by atoms with Gasteiger partial charge in [0.1, 0.15) is 12.6 Å². The fourth-order valence-corrected chi connectivity index (χ4v) is 18.9. The average molecular weight is 495 g/mol. The van der Waals surface area contributed by atoms with Crippen molar-refractivity contribution < 1.29 is 14.3 Å². The summed E-state index contributed by atoms with van der Waals surface area (Å²) in [5.41, 5.74) is 2.29. The molecule has 0 aromatic heterocycles. The standard InChI is InChI=1S/C27H38N2O3Si2/c1-33(2,3)27(34(4,5)6)29-22(18-17-20-13-9-7-10-14-20)24(25(29)30)28-23(19-32-26(28)31)21-15-11-8-12-16-21/h7-16,22-24,27H,17-19H2,1-6H3/t22-,23-,24+/m1/s1. The molecule has 0 aliphatic carbocycles. The molecule has 2 aromatic rings. The van der Waals surface area contributed by atoms with Crippen LogP contribution in [-0.2, 0) is 16.0 Å². The molecular weight excluding hydrogens is 456 g/mol. The Morgan fingerprint density at radius 1 is 0.882 bits per heavy atom. The van der Waals surface area contributed by atoms with Crippen molar-refractivity contribution in [2.45, 2.75) is 75.5 Å². The molecule has 2 aromatic carbocycles. The van der Waals surface area contributed by atoms with Gasteiger partial charge in [-0.15, -0.1) is 0 Å². The summed E-state index contributed by atoms with van der Waals surface area (Å²) >= 11 is 0. The predicted molar refractivity (Wildman–Crippen MR) is 142 cm³/mol. The smallest absolute Gasteiger partial charge is 0.411 e. The quantitative estimate of drug-likeness (QED) is 0.359. The van der Waals surface area contributed by atoms with Crippen molar-refractivity contribution in [1.29, 1.82) is 0 Å². The van der Waals surface area contributed by atoms with Crippen LogP contribution in [0.15, 0.2) is 60.7 Å². The van der Waals surface area contributed by atoms with E-state index in [0.717, 1.165) is 18.4 Å². The first-order chi connectivity index (χ1) is 16.0. The molecule has 0 unspecified atom stereocenters. The first kappa shape index (κ1) is 24.7. The third-order valence-electron chi connectivity index (χ3n) is 7.11. The van der Waals surface area contributed by atoms with Crippen molar-refractivity contribution in [3.8, 4) is 0 Å². The van der Waals surface area contributed by atoms with Crippen LogP contribution < -0.4 is 0 Å². The highest BCUT2D eigenvalue weighted by Gasteiger charge is 2.60. The zero-order valence-corrected chi connectivity index (χ0v) is 23.3. The van der Waals surface area contributed by atoms with Gasteiger partial charge in [-0.2, -0.15) is 0 Å². The van der Waals surface area contributed by atoms with E-state index in [4.69, 9.17) is 4.74 Å². The Labute approximate surface area is 206 Å². The van der Waals surface area contributed by atoms with Gasteiger partial charge in [0.25, 0.3) is 0 Å². The van der Waals surface area contributed by atoms with Crippen molar-refractivity contribution in [3.63, 3.8) is 0 Å². The minimum atomic E-state index is -1.68. The molecule has 4 rings (SSSR count). The van der Waals surface area contributed by atoms with Gasteiger partial charge < -0.3 is 9.64 Å². The number of hydrogen-bond donors (Lipinski definition) is 0. The van der Waals surface area contributed by atoms with E-state index in [-0.39, 0.29) is 24.1 Å². The van der Waals surface area contributed by atoms with Crippen molar-refractivity contribution in [1.82, 2.24) is 9.80 Å². The molecule has 3 atom stereocenters. The van der Waals surface area contributed by atoms with Crippen LogP contribution in [0.4, 0.5) is 4.79 Å². The number of amides is 2. The summed E-state index contributed by atoms with van der Waals surface area (Å²) in [4.78, 5) is 30.9. The van der Waals surface area contributed by atoms with Gasteiger partial charge in [-0.05, 0) is 24.0 Å². The number of nitrogens with zero attached hydrogens (tertiary/aromatic N) is 2. The van der Waals surface area contributed by atoms with Crippen LogP contribution >= 0.6 is 0 Å². The molecule has 0 spiro atoms. The highest BCUT2D eigenvalue weighted by Crippen LogP contribution is 2.42. The number of ether oxygens (including phenoxy) is 1. The minimum Gasteiger partial charge on any atom is -0.447 e. The van der Waals surface area contributed by atoms with E-state index in [1.165, 1.54) is 5.56 Å². The lowest BCUT2D eigenvalue weighted by Crippen LogP contribution is -2.79. The van der Waals surface area contributed by atoms with Crippen molar-refractivity contribution >= 4 is 28.1 Å². The van der Waals surface area contributed by atoms with Crippen LogP contribution in [0, 0.1) is 0 Å². The number of aryl methyl sites for hydroxylation is 1. The van der Waals surface area contributed by atoms with Gasteiger partial charge in [0.2, 0.25) is 5.91 Å². The second-order valence-corrected chi connectivity index (χ2v) is 23.0. The van der Waals surface area contributed by atoms with E-state index in [2.05, 4.69) is 68.4 Å². The Morgan fingerprint density at radius 2 is 1.44 bits per heavy atom. The fraction of sp³-hybridized carbons (Fsp3) is 0.481. The van der Waals surface area contributed by atoms with Crippen LogP contribution in [0.5, 0.6) is 0 Å². The number of carbonyl (C=O) groups excluding carboxylic acids is 2. The Kier molecular flexibility index (Phi) is 6.79. The monoisotopic (exact) mass is 494 g/mol. The zero-order valence-electron chi connectivity index (χ0n) is 21.3. The van der Waals surface area contributed by atoms with E-state index in [1.807, 2.05) is 36.4 Å².